The molecule has 2 amide bonds. The Morgan fingerprint density at radius 2 is 2.00 bits per heavy atom. The van der Waals surface area contributed by atoms with E-state index < -0.39 is 29.2 Å². The van der Waals surface area contributed by atoms with E-state index in [1.54, 1.807) is 0 Å². The number of hydrogen-bond acceptors (Lipinski definition) is 9. The summed E-state index contributed by atoms with van der Waals surface area (Å²) in [4.78, 5) is 41.2. The molecule has 2 aliphatic rings. The molecule has 0 aromatic carbocycles. The number of nitrogen functional groups attached to an aromatic ring is 1. The summed E-state index contributed by atoms with van der Waals surface area (Å²) < 4.78 is 0. The second-order valence-electron chi connectivity index (χ2n) is 5.26. The van der Waals surface area contributed by atoms with Crippen molar-refractivity contribution in [1.82, 2.24) is 15.2 Å². The van der Waals surface area contributed by atoms with Crippen LogP contribution in [0.3, 0.4) is 0 Å². The molecule has 13 N–H and O–H groups in total. The zero-order valence-electron chi connectivity index (χ0n) is 17.1. The number of allylic oxidation sites excluding steroid dienone is 1. The number of hydrogen-bond donors (Lipinski definition) is 4. The third-order valence-electron chi connectivity index (χ3n) is 3.81. The van der Waals surface area contributed by atoms with Crippen LogP contribution in [0.4, 0.5) is 5.13 Å². The number of rotatable bonds is 5. The molecule has 14 nitrogen and oxygen atoms in total. The van der Waals surface area contributed by atoms with Gasteiger partial charge in [0.15, 0.2) is 10.8 Å². The van der Waals surface area contributed by atoms with Crippen LogP contribution in [0.15, 0.2) is 34.5 Å². The second-order valence-corrected chi connectivity index (χ2v) is 7.26. The van der Waals surface area contributed by atoms with Crippen LogP contribution >= 0.6 is 23.1 Å². The van der Waals surface area contributed by atoms with Gasteiger partial charge < -0.3 is 44.7 Å². The predicted molar refractivity (Wildman–Crippen MR) is 110 cm³/mol. The Bertz CT molecular complexity index is 898. The van der Waals surface area contributed by atoms with Gasteiger partial charge in [-0.2, -0.15) is 0 Å². The number of nitrogens with one attached hydrogen (secondary N) is 1. The normalized spacial score (nSPS) is 18.9. The first-order valence-corrected chi connectivity index (χ1v) is 9.09. The van der Waals surface area contributed by atoms with Crippen LogP contribution in [0.25, 0.3) is 0 Å². The zero-order chi connectivity index (χ0) is 19.0. The van der Waals surface area contributed by atoms with Gasteiger partial charge >= 0.3 is 57.4 Å². The van der Waals surface area contributed by atoms with Crippen LogP contribution in [-0.2, 0) is 14.4 Å². The van der Waals surface area contributed by atoms with E-state index in [4.69, 9.17) is 10.9 Å². The monoisotopic (exact) mass is 507 g/mol. The molecule has 31 heavy (non-hydrogen) atoms. The standard InChI is InChI=1S/C14H13N5O5S2.K.4H2O.H/c1-2-5-3-25-12-8(11(21)19(12)9(5)13(22)23)17-10(20)7(18-24)6-4-26-14(15)16-6;;;;;;/h2,4,8,12,24H,1,3H2,(H2,15,16)(H,17,20)(H,22,23);;4*1H2;/q;+1;;;;;-1/b18-7-;;;;;;/t8-,12-;;;;;;/m1....../s1. The predicted octanol–water partition coefficient (Wildman–Crippen LogP) is -6.35. The Labute approximate surface area is 227 Å². The van der Waals surface area contributed by atoms with E-state index >= 15 is 0 Å². The van der Waals surface area contributed by atoms with Crippen LogP contribution in [0.1, 0.15) is 7.12 Å². The first-order chi connectivity index (χ1) is 12.4. The van der Waals surface area contributed by atoms with Crippen LogP contribution in [0, 0.1) is 0 Å². The van der Waals surface area contributed by atoms with Crippen molar-refractivity contribution >= 4 is 51.7 Å². The topological polar surface area (TPSA) is 284 Å². The van der Waals surface area contributed by atoms with Gasteiger partial charge in [-0.25, -0.2) is 9.78 Å². The smallest absolute Gasteiger partial charge is 1.00 e. The molecule has 0 radical (unpaired) electrons. The van der Waals surface area contributed by atoms with E-state index in [9.17, 15) is 19.5 Å². The maximum atomic E-state index is 12.4. The van der Waals surface area contributed by atoms with Gasteiger partial charge in [0, 0.05) is 11.1 Å². The molecule has 1 saturated heterocycles. The molecule has 1 aromatic heterocycles. The average molecular weight is 508 g/mol. The van der Waals surface area contributed by atoms with Gasteiger partial charge in [0.2, 0.25) is 0 Å². The van der Waals surface area contributed by atoms with Crippen LogP contribution in [-0.4, -0.2) is 82.8 Å². The molecule has 0 bridgehead atoms. The summed E-state index contributed by atoms with van der Waals surface area (Å²) in [6, 6.07) is -0.944. The number of aromatic nitrogens is 1. The molecule has 0 spiro atoms. The minimum atomic E-state index is -1.24. The van der Waals surface area contributed by atoms with Crippen LogP contribution in [0.2, 0.25) is 0 Å². The van der Waals surface area contributed by atoms with Crippen molar-refractivity contribution in [3.05, 3.63) is 35.0 Å². The van der Waals surface area contributed by atoms with Crippen LogP contribution < -0.4 is 62.4 Å². The van der Waals surface area contributed by atoms with E-state index in [0.29, 0.717) is 11.3 Å². The molecule has 3 heterocycles. The fraction of sp³-hybridized carbons (Fsp3) is 0.214. The number of fused-ring (bicyclic) bond motifs is 1. The van der Waals surface area contributed by atoms with Crippen molar-refractivity contribution in [2.45, 2.75) is 11.4 Å². The van der Waals surface area contributed by atoms with E-state index in [1.807, 2.05) is 0 Å². The van der Waals surface area contributed by atoms with Gasteiger partial charge in [0.05, 0.1) is 0 Å². The summed E-state index contributed by atoms with van der Waals surface area (Å²) >= 11 is 2.37. The molecule has 0 unspecified atom stereocenters. The number of thioether (sulfide) groups is 1. The van der Waals surface area contributed by atoms with E-state index in [0.717, 1.165) is 16.2 Å². The first-order valence-electron chi connectivity index (χ1n) is 7.16. The Kier molecular flexibility index (Phi) is 15.4. The molecule has 0 aliphatic carbocycles. The molecular weight excluding hydrogens is 485 g/mol. The zero-order valence-corrected chi connectivity index (χ0v) is 20.8. The SMILES string of the molecule is C=CC1=C(C(=O)O)N2C(=O)[C@@H](NC(=O)/C(=N\O)c3csc(N)n3)[C@H]2SC1.O.O.O.O.[H-].[K+]. The molecule has 170 valence electrons. The van der Waals surface area contributed by atoms with Gasteiger partial charge in [-0.05, 0) is 5.57 Å². The van der Waals surface area contributed by atoms with Gasteiger partial charge in [0.1, 0.15) is 22.8 Å². The summed E-state index contributed by atoms with van der Waals surface area (Å²) in [7, 11) is 0. The molecule has 17 heteroatoms. The van der Waals surface area contributed by atoms with Crippen molar-refractivity contribution in [3.63, 3.8) is 0 Å². The van der Waals surface area contributed by atoms with E-state index in [1.165, 1.54) is 23.2 Å². The van der Waals surface area contributed by atoms with Crippen molar-refractivity contribution in [3.8, 4) is 0 Å². The third kappa shape index (κ3) is 6.32. The van der Waals surface area contributed by atoms with Gasteiger partial charge in [-0.15, -0.1) is 23.1 Å². The number of thiazole rings is 1. The molecular formula is C14H22KN5O9S2. The Morgan fingerprint density at radius 3 is 2.45 bits per heavy atom. The fourth-order valence-corrected chi connectivity index (χ4v) is 4.51. The van der Waals surface area contributed by atoms with Crippen LogP contribution in [0.5, 0.6) is 0 Å². The number of nitrogens with zero attached hydrogens (tertiary/aromatic N) is 3. The molecule has 1 aromatic rings. The largest absolute Gasteiger partial charge is 1.00 e. The summed E-state index contributed by atoms with van der Waals surface area (Å²) in [5.41, 5.74) is 5.49. The number of carboxylic acid groups (broad SMARTS) is 1. The van der Waals surface area contributed by atoms with Crippen molar-refractivity contribution in [2.75, 3.05) is 11.5 Å². The average Bonchev–Trinajstić information content (AvgIpc) is 3.04. The van der Waals surface area contributed by atoms with Gasteiger partial charge in [-0.3, -0.25) is 14.5 Å². The number of nitrogens with two attached hydrogens (primary N) is 1. The second kappa shape index (κ2) is 13.9. The third-order valence-corrected chi connectivity index (χ3v) is 5.79. The Balaban J connectivity index is -0.000000653. The minimum absolute atomic E-state index is 0. The first kappa shape index (κ1) is 34.2. The molecule has 3 rings (SSSR count). The number of carbonyl (C=O) groups excluding carboxylic acids is 2. The van der Waals surface area contributed by atoms with E-state index in [2.05, 4.69) is 22.0 Å². The minimum Gasteiger partial charge on any atom is -1.00 e. The number of β-lactam (4-membered cyclic amide) rings is 1. The maximum Gasteiger partial charge on any atom is 1.00 e. The van der Waals surface area contributed by atoms with Crippen molar-refractivity contribution in [2.24, 2.45) is 5.16 Å². The number of anilines is 1. The summed E-state index contributed by atoms with van der Waals surface area (Å²) in [6.45, 7) is 3.56. The Morgan fingerprint density at radius 1 is 1.39 bits per heavy atom. The number of carboxylic acids is 1. The van der Waals surface area contributed by atoms with Crippen molar-refractivity contribution < 1.29 is 99.4 Å². The maximum absolute atomic E-state index is 12.4. The summed E-state index contributed by atoms with van der Waals surface area (Å²) in [5, 5.41) is 24.9. The summed E-state index contributed by atoms with van der Waals surface area (Å²) in [6.07, 6.45) is 1.40. The molecule has 0 saturated carbocycles. The van der Waals surface area contributed by atoms with Gasteiger partial charge in [-0.1, -0.05) is 17.8 Å². The number of amides is 2. The van der Waals surface area contributed by atoms with Gasteiger partial charge in [0.25, 0.3) is 11.8 Å². The quantitative estimate of drug-likeness (QED) is 0.0974. The number of carbonyl (C=O) groups is 3. The molecule has 2 atom stereocenters. The fourth-order valence-electron chi connectivity index (χ4n) is 2.62. The summed E-state index contributed by atoms with van der Waals surface area (Å²) in [5.74, 6) is -2.27. The Hall–Kier alpha value is -1.38. The van der Waals surface area contributed by atoms with E-state index in [-0.39, 0.29) is 97.0 Å². The number of oxime groups is 1. The molecule has 2 aliphatic heterocycles. The van der Waals surface area contributed by atoms with Crippen molar-refractivity contribution in [1.29, 1.82) is 0 Å². The molecule has 1 fully saturated rings. The number of aliphatic carboxylic acids is 1.